The van der Waals surface area contributed by atoms with Crippen molar-refractivity contribution in [3.8, 4) is 5.75 Å². The van der Waals surface area contributed by atoms with Gasteiger partial charge in [-0.2, -0.15) is 18.2 Å². The van der Waals surface area contributed by atoms with Gasteiger partial charge in [-0.15, -0.1) is 11.3 Å². The molecule has 2 aliphatic rings. The summed E-state index contributed by atoms with van der Waals surface area (Å²) in [7, 11) is 1.62. The van der Waals surface area contributed by atoms with Crippen molar-refractivity contribution in [1.82, 2.24) is 9.47 Å². The van der Waals surface area contributed by atoms with Gasteiger partial charge in [-0.25, -0.2) is 0 Å². The maximum absolute atomic E-state index is 13.6. The summed E-state index contributed by atoms with van der Waals surface area (Å²) < 4.78 is 59.5. The van der Waals surface area contributed by atoms with E-state index in [4.69, 9.17) is 14.2 Å². The van der Waals surface area contributed by atoms with Crippen LogP contribution in [-0.4, -0.2) is 61.1 Å². The van der Waals surface area contributed by atoms with Crippen LogP contribution < -0.4 is 9.54 Å². The lowest BCUT2D eigenvalue weighted by molar-refractivity contribution is -0.137. The number of methoxy groups -OCH3 is 1. The minimum absolute atomic E-state index is 0.0142. The van der Waals surface area contributed by atoms with Gasteiger partial charge in [0.15, 0.2) is 4.80 Å². The third kappa shape index (κ3) is 7.05. The molecule has 1 amide bonds. The molecule has 0 radical (unpaired) electrons. The minimum atomic E-state index is -4.60. The monoisotopic (exact) mass is 555 g/mol. The Bertz CT molecular complexity index is 1180. The van der Waals surface area contributed by atoms with Crippen LogP contribution in [-0.2, 0) is 27.6 Å². The Morgan fingerprint density at radius 3 is 2.66 bits per heavy atom. The summed E-state index contributed by atoms with van der Waals surface area (Å²) >= 11 is 1.36. The van der Waals surface area contributed by atoms with Crippen LogP contribution in [0.3, 0.4) is 0 Å². The van der Waals surface area contributed by atoms with Gasteiger partial charge in [0.2, 0.25) is 0 Å². The van der Waals surface area contributed by atoms with Crippen LogP contribution in [0.15, 0.2) is 29.4 Å². The van der Waals surface area contributed by atoms with Gasteiger partial charge in [0.05, 0.1) is 30.5 Å². The first-order valence-corrected chi connectivity index (χ1v) is 13.8. The van der Waals surface area contributed by atoms with Gasteiger partial charge >= 0.3 is 6.18 Å². The van der Waals surface area contributed by atoms with Gasteiger partial charge in [-0.05, 0) is 49.3 Å². The number of ether oxygens (including phenoxy) is 3. The number of thiazole rings is 1. The zero-order valence-corrected chi connectivity index (χ0v) is 23.2. The summed E-state index contributed by atoms with van der Waals surface area (Å²) in [6.07, 6.45) is 1.12. The zero-order chi connectivity index (χ0) is 27.5. The van der Waals surface area contributed by atoms with Crippen molar-refractivity contribution in [1.29, 1.82) is 0 Å². The third-order valence-corrected chi connectivity index (χ3v) is 8.29. The van der Waals surface area contributed by atoms with Gasteiger partial charge in [0.25, 0.3) is 5.91 Å². The molecule has 0 aliphatic carbocycles. The molecule has 2 saturated heterocycles. The summed E-state index contributed by atoms with van der Waals surface area (Å²) in [5.74, 6) is -0.677. The Morgan fingerprint density at radius 1 is 1.21 bits per heavy atom. The zero-order valence-electron chi connectivity index (χ0n) is 22.3. The first kappa shape index (κ1) is 28.8. The van der Waals surface area contributed by atoms with Crippen molar-refractivity contribution in [2.75, 3.05) is 33.6 Å². The summed E-state index contributed by atoms with van der Waals surface area (Å²) in [6, 6.07) is 3.05. The Morgan fingerprint density at radius 2 is 2.00 bits per heavy atom. The summed E-state index contributed by atoms with van der Waals surface area (Å²) in [4.78, 5) is 21.3. The summed E-state index contributed by atoms with van der Waals surface area (Å²) in [5.41, 5.74) is -1.30. The number of alkyl halides is 3. The van der Waals surface area contributed by atoms with E-state index in [1.807, 2.05) is 10.8 Å². The number of carbonyl (C=O) groups is 1. The SMILES string of the molecule is COCN1CCC[C@H]1COc1ccc(C(F)(F)F)cc1C(=O)/N=c1\sc(C(C)(C)C)cn1C[C@H]1CCCO1. The maximum Gasteiger partial charge on any atom is 0.416 e. The number of carbonyl (C=O) groups excluding carboxylic acids is 1. The molecule has 2 fully saturated rings. The number of nitrogens with zero attached hydrogens (tertiary/aromatic N) is 3. The molecule has 0 unspecified atom stereocenters. The number of benzene rings is 1. The van der Waals surface area contributed by atoms with E-state index < -0.39 is 17.6 Å². The average molecular weight is 556 g/mol. The lowest BCUT2D eigenvalue weighted by atomic mass is 9.95. The molecule has 2 aromatic rings. The molecule has 1 aromatic carbocycles. The molecule has 7 nitrogen and oxygen atoms in total. The average Bonchev–Trinajstić information content (AvgIpc) is 3.60. The number of likely N-dealkylation sites (tertiary alicyclic amines) is 1. The Hall–Kier alpha value is -2.21. The topological polar surface area (TPSA) is 65.3 Å². The van der Waals surface area contributed by atoms with Crippen LogP contribution in [0.5, 0.6) is 5.75 Å². The first-order valence-electron chi connectivity index (χ1n) is 12.9. The molecule has 3 heterocycles. The molecular weight excluding hydrogens is 519 g/mol. The van der Waals surface area contributed by atoms with E-state index in [2.05, 4.69) is 30.7 Å². The second kappa shape index (κ2) is 11.9. The van der Waals surface area contributed by atoms with Crippen LogP contribution in [0, 0.1) is 0 Å². The molecule has 2 atom stereocenters. The minimum Gasteiger partial charge on any atom is -0.491 e. The highest BCUT2D eigenvalue weighted by Crippen LogP contribution is 2.33. The number of amides is 1. The van der Waals surface area contributed by atoms with E-state index in [1.54, 1.807) is 7.11 Å². The van der Waals surface area contributed by atoms with Crippen molar-refractivity contribution < 1.29 is 32.2 Å². The first-order chi connectivity index (χ1) is 18.0. The Labute approximate surface area is 225 Å². The predicted octanol–water partition coefficient (Wildman–Crippen LogP) is 5.23. The quantitative estimate of drug-likeness (QED) is 0.446. The van der Waals surface area contributed by atoms with Gasteiger partial charge in [-0.1, -0.05) is 20.8 Å². The number of halogens is 3. The lowest BCUT2D eigenvalue weighted by Crippen LogP contribution is -2.35. The summed E-state index contributed by atoms with van der Waals surface area (Å²) in [6.45, 7) is 8.96. The van der Waals surface area contributed by atoms with Crippen molar-refractivity contribution in [2.24, 2.45) is 4.99 Å². The molecular formula is C27H36F3N3O4S. The fourth-order valence-corrected chi connectivity index (χ4v) is 5.76. The molecule has 11 heteroatoms. The molecule has 0 saturated carbocycles. The number of aromatic nitrogens is 1. The fraction of sp³-hybridized carbons (Fsp3) is 0.630. The Balaban J connectivity index is 1.67. The van der Waals surface area contributed by atoms with Crippen LogP contribution in [0.1, 0.15) is 67.3 Å². The second-order valence-corrected chi connectivity index (χ2v) is 11.9. The highest BCUT2D eigenvalue weighted by Gasteiger charge is 2.33. The molecule has 0 bridgehead atoms. The summed E-state index contributed by atoms with van der Waals surface area (Å²) in [5, 5.41) is 0. The Kier molecular flexibility index (Phi) is 9.01. The van der Waals surface area contributed by atoms with E-state index in [0.717, 1.165) is 49.2 Å². The number of rotatable bonds is 8. The molecule has 210 valence electrons. The van der Waals surface area contributed by atoms with Crippen molar-refractivity contribution in [3.05, 3.63) is 45.2 Å². The highest BCUT2D eigenvalue weighted by atomic mass is 32.1. The van der Waals surface area contributed by atoms with E-state index in [1.165, 1.54) is 17.4 Å². The number of hydrogen-bond acceptors (Lipinski definition) is 6. The predicted molar refractivity (Wildman–Crippen MR) is 138 cm³/mol. The van der Waals surface area contributed by atoms with E-state index in [9.17, 15) is 18.0 Å². The smallest absolute Gasteiger partial charge is 0.416 e. The van der Waals surface area contributed by atoms with Gasteiger partial charge < -0.3 is 18.8 Å². The van der Waals surface area contributed by atoms with Gasteiger partial charge in [0.1, 0.15) is 12.4 Å². The van der Waals surface area contributed by atoms with Crippen LogP contribution >= 0.6 is 11.3 Å². The molecule has 38 heavy (non-hydrogen) atoms. The van der Waals surface area contributed by atoms with Crippen molar-refractivity contribution in [3.63, 3.8) is 0 Å². The third-order valence-electron chi connectivity index (χ3n) is 6.84. The standard InChI is InChI=1S/C27H36F3N3O4S/c1-26(2,3)23-15-33(14-20-8-6-12-36-20)25(38-23)31-24(34)21-13-18(27(28,29)30)9-10-22(21)37-16-19-7-5-11-32(19)17-35-4/h9-10,13,15,19-20H,5-8,11-12,14,16-17H2,1-4H3/b31-25-/t19-,20+/m0/s1. The molecule has 4 rings (SSSR count). The van der Waals surface area contributed by atoms with E-state index in [-0.39, 0.29) is 35.5 Å². The van der Waals surface area contributed by atoms with E-state index in [0.29, 0.717) is 24.7 Å². The molecule has 1 aromatic heterocycles. The van der Waals surface area contributed by atoms with E-state index >= 15 is 0 Å². The largest absolute Gasteiger partial charge is 0.491 e. The lowest BCUT2D eigenvalue weighted by Gasteiger charge is -2.24. The van der Waals surface area contributed by atoms with Crippen LogP contribution in [0.2, 0.25) is 0 Å². The van der Waals surface area contributed by atoms with Crippen molar-refractivity contribution >= 4 is 17.2 Å². The van der Waals surface area contributed by atoms with Crippen LogP contribution in [0.4, 0.5) is 13.2 Å². The van der Waals surface area contributed by atoms with Gasteiger partial charge in [0, 0.05) is 37.4 Å². The molecule has 0 spiro atoms. The maximum atomic E-state index is 13.6. The number of hydrogen-bond donors (Lipinski definition) is 0. The van der Waals surface area contributed by atoms with Crippen molar-refractivity contribution in [2.45, 2.75) is 76.7 Å². The fourth-order valence-electron chi connectivity index (χ4n) is 4.70. The normalized spacial score (nSPS) is 21.4. The molecule has 0 N–H and O–H groups in total. The second-order valence-electron chi connectivity index (χ2n) is 10.9. The highest BCUT2D eigenvalue weighted by molar-refractivity contribution is 7.09. The van der Waals surface area contributed by atoms with Gasteiger partial charge in [-0.3, -0.25) is 9.69 Å². The van der Waals surface area contributed by atoms with Crippen LogP contribution in [0.25, 0.3) is 0 Å². The molecule has 2 aliphatic heterocycles.